The van der Waals surface area contributed by atoms with Crippen LogP contribution in [-0.2, 0) is 17.9 Å². The Balaban J connectivity index is 1.53. The molecule has 0 saturated carbocycles. The van der Waals surface area contributed by atoms with Crippen LogP contribution < -0.4 is 15.8 Å². The third kappa shape index (κ3) is 3.87. The number of hydrogen-bond acceptors (Lipinski definition) is 6. The molecule has 4 rings (SSSR count). The first-order chi connectivity index (χ1) is 14.1. The molecule has 0 unspecified atom stereocenters. The summed E-state index contributed by atoms with van der Waals surface area (Å²) >= 11 is 0. The topological polar surface area (TPSA) is 93.3 Å². The maximum Gasteiger partial charge on any atom is 0.295 e. The maximum absolute atomic E-state index is 13.0. The second-order valence-electron chi connectivity index (χ2n) is 7.35. The molecule has 1 aliphatic heterocycles. The van der Waals surface area contributed by atoms with E-state index in [0.29, 0.717) is 43.2 Å². The first-order valence-electron chi connectivity index (χ1n) is 10.0. The zero-order chi connectivity index (χ0) is 20.4. The number of amides is 1. The Kier molecular flexibility index (Phi) is 5.33. The summed E-state index contributed by atoms with van der Waals surface area (Å²) in [6, 6.07) is 7.41. The Bertz CT molecular complexity index is 1090. The highest BCUT2D eigenvalue weighted by molar-refractivity contribution is 5.79. The molecule has 1 aliphatic rings. The predicted molar refractivity (Wildman–Crippen MR) is 110 cm³/mol. The highest BCUT2D eigenvalue weighted by Crippen LogP contribution is 2.21. The van der Waals surface area contributed by atoms with Crippen LogP contribution in [-0.4, -0.2) is 33.5 Å². The van der Waals surface area contributed by atoms with Gasteiger partial charge in [0.15, 0.2) is 11.5 Å². The molecule has 1 atom stereocenters. The maximum atomic E-state index is 13.0. The van der Waals surface area contributed by atoms with E-state index in [1.165, 1.54) is 0 Å². The van der Waals surface area contributed by atoms with Crippen LogP contribution in [0.1, 0.15) is 31.3 Å². The van der Waals surface area contributed by atoms with Gasteiger partial charge in [-0.05, 0) is 51.0 Å². The van der Waals surface area contributed by atoms with Gasteiger partial charge in [-0.3, -0.25) is 14.2 Å². The largest absolute Gasteiger partial charge is 0.465 e. The van der Waals surface area contributed by atoms with Crippen molar-refractivity contribution >= 4 is 22.9 Å². The Morgan fingerprint density at radius 1 is 1.34 bits per heavy atom. The van der Waals surface area contributed by atoms with Crippen molar-refractivity contribution in [3.63, 3.8) is 0 Å². The van der Waals surface area contributed by atoms with E-state index in [2.05, 4.69) is 15.3 Å². The van der Waals surface area contributed by atoms with Crippen LogP contribution in [0.5, 0.6) is 0 Å². The molecule has 152 valence electrons. The molecule has 1 amide bonds. The third-order valence-corrected chi connectivity index (χ3v) is 5.33. The number of anilines is 1. The minimum Gasteiger partial charge on any atom is -0.465 e. The van der Waals surface area contributed by atoms with Crippen LogP contribution in [0.3, 0.4) is 0 Å². The average Bonchev–Trinajstić information content (AvgIpc) is 3.17. The fourth-order valence-electron chi connectivity index (χ4n) is 3.84. The number of pyridine rings is 1. The van der Waals surface area contributed by atoms with Gasteiger partial charge < -0.3 is 14.6 Å². The summed E-state index contributed by atoms with van der Waals surface area (Å²) in [7, 11) is 0. The Morgan fingerprint density at radius 3 is 2.97 bits per heavy atom. The number of rotatable bonds is 5. The van der Waals surface area contributed by atoms with Crippen LogP contribution in [0.25, 0.3) is 11.2 Å². The van der Waals surface area contributed by atoms with E-state index in [1.807, 2.05) is 43.0 Å². The van der Waals surface area contributed by atoms with Gasteiger partial charge in [-0.2, -0.15) is 0 Å². The molecule has 0 aliphatic carbocycles. The van der Waals surface area contributed by atoms with Crippen LogP contribution in [0, 0.1) is 12.8 Å². The SMILES string of the molecule is CCn1c(=O)c(N2CCC[C@@H](C(=O)NCc3ccc(C)o3)C2)nc2cccnc21. The van der Waals surface area contributed by atoms with Gasteiger partial charge in [0.05, 0.1) is 12.5 Å². The monoisotopic (exact) mass is 395 g/mol. The minimum absolute atomic E-state index is 0.0259. The predicted octanol–water partition coefficient (Wildman–Crippen LogP) is 2.25. The van der Waals surface area contributed by atoms with Crippen molar-refractivity contribution in [2.45, 2.75) is 39.8 Å². The number of carbonyl (C=O) groups excluding carboxylic acids is 1. The van der Waals surface area contributed by atoms with E-state index >= 15 is 0 Å². The zero-order valence-corrected chi connectivity index (χ0v) is 16.7. The summed E-state index contributed by atoms with van der Waals surface area (Å²) in [6.45, 7) is 5.86. The molecule has 8 heteroatoms. The van der Waals surface area contributed by atoms with Crippen molar-refractivity contribution < 1.29 is 9.21 Å². The number of nitrogens with one attached hydrogen (secondary N) is 1. The fourth-order valence-corrected chi connectivity index (χ4v) is 3.84. The first-order valence-corrected chi connectivity index (χ1v) is 10.0. The summed E-state index contributed by atoms with van der Waals surface area (Å²) in [5.41, 5.74) is 1.11. The number of piperidine rings is 1. The minimum atomic E-state index is -0.194. The molecule has 4 heterocycles. The van der Waals surface area contributed by atoms with Crippen molar-refractivity contribution in [2.24, 2.45) is 5.92 Å². The fraction of sp³-hybridized carbons (Fsp3) is 0.429. The number of aromatic nitrogens is 3. The second kappa shape index (κ2) is 8.06. The standard InChI is InChI=1S/C21H25N5O3/c1-3-26-18-17(7-4-10-22-18)24-19(21(26)28)25-11-5-6-15(13-25)20(27)23-12-16-9-8-14(2)29-16/h4,7-10,15H,3,5-6,11-13H2,1-2H3,(H,23,27)/t15-/m1/s1. The number of hydrogen-bond donors (Lipinski definition) is 1. The van der Waals surface area contributed by atoms with Gasteiger partial charge in [-0.25, -0.2) is 9.97 Å². The molecule has 29 heavy (non-hydrogen) atoms. The van der Waals surface area contributed by atoms with Gasteiger partial charge in [0.2, 0.25) is 5.91 Å². The van der Waals surface area contributed by atoms with Crippen molar-refractivity contribution in [2.75, 3.05) is 18.0 Å². The summed E-state index contributed by atoms with van der Waals surface area (Å²) in [6.07, 6.45) is 3.28. The van der Waals surface area contributed by atoms with Crippen LogP contribution in [0.15, 0.2) is 39.7 Å². The third-order valence-electron chi connectivity index (χ3n) is 5.33. The lowest BCUT2D eigenvalue weighted by Gasteiger charge is -2.32. The molecule has 0 radical (unpaired) electrons. The molecular weight excluding hydrogens is 370 g/mol. The van der Waals surface area contributed by atoms with Crippen LogP contribution >= 0.6 is 0 Å². The van der Waals surface area contributed by atoms with Gasteiger partial charge in [0.25, 0.3) is 5.56 Å². The highest BCUT2D eigenvalue weighted by Gasteiger charge is 2.28. The average molecular weight is 395 g/mol. The lowest BCUT2D eigenvalue weighted by Crippen LogP contribution is -2.45. The van der Waals surface area contributed by atoms with Gasteiger partial charge in [-0.1, -0.05) is 0 Å². The van der Waals surface area contributed by atoms with Gasteiger partial charge in [-0.15, -0.1) is 0 Å². The van der Waals surface area contributed by atoms with E-state index in [-0.39, 0.29) is 17.4 Å². The second-order valence-corrected chi connectivity index (χ2v) is 7.35. The van der Waals surface area contributed by atoms with Crippen LogP contribution in [0.4, 0.5) is 5.82 Å². The van der Waals surface area contributed by atoms with Crippen LogP contribution in [0.2, 0.25) is 0 Å². The lowest BCUT2D eigenvalue weighted by atomic mass is 9.97. The molecule has 3 aromatic heterocycles. The van der Waals surface area contributed by atoms with Crippen molar-refractivity contribution in [3.05, 3.63) is 52.3 Å². The van der Waals surface area contributed by atoms with E-state index in [4.69, 9.17) is 4.42 Å². The van der Waals surface area contributed by atoms with Gasteiger partial charge in [0, 0.05) is 25.8 Å². The van der Waals surface area contributed by atoms with Crippen molar-refractivity contribution in [1.29, 1.82) is 0 Å². The number of carbonyl (C=O) groups is 1. The molecule has 0 aromatic carbocycles. The lowest BCUT2D eigenvalue weighted by molar-refractivity contribution is -0.125. The Hall–Kier alpha value is -3.16. The summed E-state index contributed by atoms with van der Waals surface area (Å²) in [5, 5.41) is 2.95. The first kappa shape index (κ1) is 19.2. The van der Waals surface area contributed by atoms with E-state index in [9.17, 15) is 9.59 Å². The summed E-state index contributed by atoms with van der Waals surface area (Å²) < 4.78 is 7.15. The van der Waals surface area contributed by atoms with Gasteiger partial charge >= 0.3 is 0 Å². The molecule has 8 nitrogen and oxygen atoms in total. The molecule has 0 spiro atoms. The highest BCUT2D eigenvalue weighted by atomic mass is 16.3. The number of fused-ring (bicyclic) bond motifs is 1. The molecule has 1 N–H and O–H groups in total. The van der Waals surface area contributed by atoms with Crippen molar-refractivity contribution in [3.8, 4) is 0 Å². The Labute approximate surface area is 168 Å². The summed E-state index contributed by atoms with van der Waals surface area (Å²) in [5.74, 6) is 1.73. The molecule has 1 saturated heterocycles. The molecule has 3 aromatic rings. The van der Waals surface area contributed by atoms with E-state index in [1.54, 1.807) is 10.8 Å². The van der Waals surface area contributed by atoms with E-state index in [0.717, 1.165) is 24.4 Å². The number of aryl methyl sites for hydroxylation is 2. The quantitative estimate of drug-likeness (QED) is 0.712. The molecule has 0 bridgehead atoms. The Morgan fingerprint density at radius 2 is 2.21 bits per heavy atom. The summed E-state index contributed by atoms with van der Waals surface area (Å²) in [4.78, 5) is 36.5. The molecular formula is C21H25N5O3. The van der Waals surface area contributed by atoms with E-state index < -0.39 is 0 Å². The normalized spacial score (nSPS) is 16.9. The number of furan rings is 1. The number of nitrogens with zero attached hydrogens (tertiary/aromatic N) is 4. The van der Waals surface area contributed by atoms with Crippen molar-refractivity contribution in [1.82, 2.24) is 19.9 Å². The molecule has 1 fully saturated rings. The van der Waals surface area contributed by atoms with Gasteiger partial charge in [0.1, 0.15) is 17.0 Å². The zero-order valence-electron chi connectivity index (χ0n) is 16.7. The smallest absolute Gasteiger partial charge is 0.295 e.